The number of nitrogens with zero attached hydrogens (tertiary/aromatic N) is 4. The number of ketones is 1. The van der Waals surface area contributed by atoms with Crippen molar-refractivity contribution in [3.63, 3.8) is 0 Å². The number of thiol groups is 1. The molecule has 3 fully saturated rings. The second kappa shape index (κ2) is 18.4. The first kappa shape index (κ1) is 44.4. The Bertz CT molecular complexity index is 2260. The summed E-state index contributed by atoms with van der Waals surface area (Å²) in [6.45, 7) is 10.6. The van der Waals surface area contributed by atoms with Gasteiger partial charge in [0.2, 0.25) is 6.43 Å². The van der Waals surface area contributed by atoms with Crippen LogP contribution in [0.4, 0.5) is 30.2 Å². The number of anilines is 2. The fraction of sp³-hybridized carbons (Fsp3) is 0.511. The van der Waals surface area contributed by atoms with Gasteiger partial charge in [-0.3, -0.25) is 24.9 Å². The number of nitrogens with one attached hydrogen (secondary N) is 2. The number of alkyl halides is 3. The number of aromatic amines is 1. The van der Waals surface area contributed by atoms with E-state index in [1.54, 1.807) is 18.5 Å². The Labute approximate surface area is 360 Å². The van der Waals surface area contributed by atoms with Crippen LogP contribution in [0.5, 0.6) is 11.5 Å². The van der Waals surface area contributed by atoms with Crippen molar-refractivity contribution >= 4 is 46.7 Å². The predicted octanol–water partition coefficient (Wildman–Crippen LogP) is 9.53. The number of hydrogen-bond acceptors (Lipinski definition) is 11. The van der Waals surface area contributed by atoms with E-state index >= 15 is 4.39 Å². The van der Waals surface area contributed by atoms with Crippen molar-refractivity contribution in [3.05, 3.63) is 93.3 Å². The molecule has 61 heavy (non-hydrogen) atoms. The van der Waals surface area contributed by atoms with E-state index in [1.165, 1.54) is 29.3 Å². The normalized spacial score (nSPS) is 22.4. The molecule has 0 spiro atoms. The van der Waals surface area contributed by atoms with Crippen molar-refractivity contribution in [2.45, 2.75) is 77.8 Å². The SMILES string of the molecule is CCC1(C(F)F)CC1C1=C(CN2CCN(c3ccc(C(=O)c4ccc(NCC5(F)CCOCC5)c([N+](=O)[O-])c4)c(Oc4cnc5[nH]ccc5c4)c3)CC2)CCC(C)(C)C1.NS. The average Bonchev–Trinajstić information content (AvgIpc) is 3.84. The Kier molecular flexibility index (Phi) is 13.4. The molecule has 2 atom stereocenters. The largest absolute Gasteiger partial charge is 0.455 e. The summed E-state index contributed by atoms with van der Waals surface area (Å²) in [5.74, 6) is 0.199. The van der Waals surface area contributed by atoms with E-state index in [-0.39, 0.29) is 72.2 Å². The molecule has 0 bridgehead atoms. The van der Waals surface area contributed by atoms with Gasteiger partial charge in [0.05, 0.1) is 16.7 Å². The predicted molar refractivity (Wildman–Crippen MR) is 235 cm³/mol. The fourth-order valence-corrected chi connectivity index (χ4v) is 9.32. The molecule has 2 aliphatic carbocycles. The number of nitrogens with two attached hydrogens (primary N) is 1. The molecule has 2 unspecified atom stereocenters. The second-order valence-corrected chi connectivity index (χ2v) is 17.7. The van der Waals surface area contributed by atoms with Crippen LogP contribution in [-0.2, 0) is 4.74 Å². The molecule has 2 aromatic carbocycles. The number of piperazine rings is 1. The van der Waals surface area contributed by atoms with Gasteiger partial charge >= 0.3 is 0 Å². The van der Waals surface area contributed by atoms with E-state index in [0.717, 1.165) is 50.0 Å². The number of ether oxygens (including phenoxy) is 2. The van der Waals surface area contributed by atoms with Crippen molar-refractivity contribution in [3.8, 4) is 11.5 Å². The lowest BCUT2D eigenvalue weighted by Crippen LogP contribution is -2.47. The van der Waals surface area contributed by atoms with Gasteiger partial charge in [-0.15, -0.1) is 12.8 Å². The summed E-state index contributed by atoms with van der Waals surface area (Å²) in [5, 5.41) is 20.1. The zero-order valence-corrected chi connectivity index (χ0v) is 35.9. The van der Waals surface area contributed by atoms with Crippen molar-refractivity contribution in [2.75, 3.05) is 62.7 Å². The maximum atomic E-state index is 15.3. The topological polar surface area (TPSA) is 152 Å². The number of aromatic nitrogens is 2. The van der Waals surface area contributed by atoms with Crippen LogP contribution in [0.15, 0.2) is 72.1 Å². The molecule has 0 radical (unpaired) electrons. The number of nitro groups is 1. The number of benzene rings is 2. The minimum atomic E-state index is -2.30. The highest BCUT2D eigenvalue weighted by Gasteiger charge is 2.61. The number of H-pyrrole nitrogens is 1. The lowest BCUT2D eigenvalue weighted by atomic mass is 9.72. The molecule has 2 aliphatic heterocycles. The van der Waals surface area contributed by atoms with Gasteiger partial charge in [-0.05, 0) is 79.8 Å². The van der Waals surface area contributed by atoms with E-state index in [2.05, 4.69) is 56.9 Å². The summed E-state index contributed by atoms with van der Waals surface area (Å²) in [6, 6.07) is 13.3. The molecule has 2 aromatic heterocycles. The molecule has 1 saturated carbocycles. The lowest BCUT2D eigenvalue weighted by Gasteiger charge is -2.39. The van der Waals surface area contributed by atoms with Gasteiger partial charge in [0.25, 0.3) is 5.69 Å². The number of nitro benzene ring substituents is 1. The molecule has 4 aliphatic rings. The number of carbonyl (C=O) groups is 1. The third-order valence-corrected chi connectivity index (χ3v) is 13.3. The standard InChI is InChI=1S/C45H53F3N6O5.H3NS/c1-4-45(42(46)47)25-36(45)35-24-43(2,3)11-9-31(35)27-52-15-17-53(18-16-52)32-6-7-34(39(23-32)59-33-21-30-10-14-49-41(30)50-26-33)40(55)29-5-8-37(38(22-29)54(56)57)51-28-44(48)12-19-58-20-13-44;1-2/h5-8,10,14,21-23,26,36,42,51H,4,9,11-13,15-20,24-25,27-28H2,1-3H3,(H,49,50);2H,1H2. The summed E-state index contributed by atoms with van der Waals surface area (Å²) in [6.07, 6.45) is 5.38. The Morgan fingerprint density at radius 3 is 2.54 bits per heavy atom. The Morgan fingerprint density at radius 2 is 1.85 bits per heavy atom. The van der Waals surface area contributed by atoms with Crippen LogP contribution in [-0.4, -0.2) is 90.2 Å². The molecule has 4 aromatic rings. The zero-order chi connectivity index (χ0) is 43.5. The number of carbonyl (C=O) groups excluding carboxylic acids is 1. The molecule has 12 nitrogen and oxygen atoms in total. The monoisotopic (exact) mass is 863 g/mol. The number of halogens is 3. The van der Waals surface area contributed by atoms with Gasteiger partial charge in [-0.25, -0.2) is 18.2 Å². The maximum Gasteiger partial charge on any atom is 0.293 e. The third-order valence-electron chi connectivity index (χ3n) is 13.3. The van der Waals surface area contributed by atoms with Crippen molar-refractivity contribution in [1.82, 2.24) is 14.9 Å². The highest BCUT2D eigenvalue weighted by molar-refractivity contribution is 7.77. The van der Waals surface area contributed by atoms with Gasteiger partial charge < -0.3 is 24.7 Å². The molecule has 4 heterocycles. The van der Waals surface area contributed by atoms with Crippen LogP contribution in [0, 0.1) is 26.9 Å². The van der Waals surface area contributed by atoms with E-state index in [9.17, 15) is 23.7 Å². The Hall–Kier alpha value is -4.64. The minimum absolute atomic E-state index is 0.0250. The van der Waals surface area contributed by atoms with Crippen molar-refractivity contribution < 1.29 is 32.4 Å². The van der Waals surface area contributed by atoms with Gasteiger partial charge in [0.15, 0.2) is 5.78 Å². The average molecular weight is 864 g/mol. The van der Waals surface area contributed by atoms with E-state index in [1.807, 2.05) is 31.2 Å². The van der Waals surface area contributed by atoms with Gasteiger partial charge in [0, 0.05) is 106 Å². The van der Waals surface area contributed by atoms with Crippen LogP contribution < -0.4 is 20.1 Å². The first-order valence-corrected chi connectivity index (χ1v) is 21.6. The van der Waals surface area contributed by atoms with Crippen molar-refractivity contribution in [1.29, 1.82) is 0 Å². The van der Waals surface area contributed by atoms with Gasteiger partial charge in [-0.1, -0.05) is 31.9 Å². The number of hydrogen-bond donors (Lipinski definition) is 4. The van der Waals surface area contributed by atoms with Gasteiger partial charge in [0.1, 0.15) is 28.5 Å². The summed E-state index contributed by atoms with van der Waals surface area (Å²) in [5.41, 5.74) is 1.95. The first-order chi connectivity index (χ1) is 29.3. The zero-order valence-electron chi connectivity index (χ0n) is 35.0. The lowest BCUT2D eigenvalue weighted by molar-refractivity contribution is -0.384. The van der Waals surface area contributed by atoms with Crippen molar-refractivity contribution in [2.24, 2.45) is 21.9 Å². The summed E-state index contributed by atoms with van der Waals surface area (Å²) in [4.78, 5) is 38.0. The Morgan fingerprint density at radius 1 is 1.10 bits per heavy atom. The first-order valence-electron chi connectivity index (χ1n) is 21.1. The fourth-order valence-electron chi connectivity index (χ4n) is 9.32. The molecule has 328 valence electrons. The highest BCUT2D eigenvalue weighted by Crippen LogP contribution is 2.65. The number of fused-ring (bicyclic) bond motifs is 1. The number of pyridine rings is 1. The molecule has 2 saturated heterocycles. The second-order valence-electron chi connectivity index (χ2n) is 17.7. The van der Waals surface area contributed by atoms with Crippen LogP contribution in [0.2, 0.25) is 0 Å². The summed E-state index contributed by atoms with van der Waals surface area (Å²) < 4.78 is 55.5. The molecule has 16 heteroatoms. The van der Waals surface area contributed by atoms with E-state index < -0.39 is 28.2 Å². The number of allylic oxidation sites excluding steroid dienone is 1. The van der Waals surface area contributed by atoms with Crippen LogP contribution in [0.25, 0.3) is 11.0 Å². The minimum Gasteiger partial charge on any atom is -0.455 e. The van der Waals surface area contributed by atoms with E-state index in [0.29, 0.717) is 37.3 Å². The highest BCUT2D eigenvalue weighted by atomic mass is 32.1. The van der Waals surface area contributed by atoms with Crippen LogP contribution >= 0.6 is 12.8 Å². The van der Waals surface area contributed by atoms with Crippen LogP contribution in [0.1, 0.15) is 81.6 Å². The smallest absolute Gasteiger partial charge is 0.293 e. The molecule has 4 N–H and O–H groups in total. The van der Waals surface area contributed by atoms with E-state index in [4.69, 9.17) is 9.47 Å². The number of rotatable bonds is 14. The molecule has 8 rings (SSSR count). The Balaban J connectivity index is 0.00000277. The van der Waals surface area contributed by atoms with Gasteiger partial charge in [-0.2, -0.15) is 0 Å². The molecular weight excluding hydrogens is 808 g/mol. The van der Waals surface area contributed by atoms with Crippen LogP contribution in [0.3, 0.4) is 0 Å². The quantitative estimate of drug-likeness (QED) is 0.0317. The third kappa shape index (κ3) is 9.72. The molecular formula is C45H56F3N7O5S. The summed E-state index contributed by atoms with van der Waals surface area (Å²) >= 11 is 3.03. The molecule has 0 amide bonds. The maximum absolute atomic E-state index is 15.3. The summed E-state index contributed by atoms with van der Waals surface area (Å²) in [7, 11) is 0.